The Hall–Kier alpha value is -0.570. The van der Waals surface area contributed by atoms with Crippen LogP contribution in [0.4, 0.5) is 0 Å². The van der Waals surface area contributed by atoms with Crippen LogP contribution in [0.3, 0.4) is 0 Å². The van der Waals surface area contributed by atoms with Crippen molar-refractivity contribution < 1.29 is 9.94 Å². The Morgan fingerprint density at radius 3 is 2.91 bits per heavy atom. The van der Waals surface area contributed by atoms with Crippen molar-refractivity contribution in [2.24, 2.45) is 11.1 Å². The molecule has 0 fully saturated rings. The fourth-order valence-electron chi connectivity index (χ4n) is 1.18. The minimum Gasteiger partial charge on any atom is -0.392 e. The van der Waals surface area contributed by atoms with Crippen molar-refractivity contribution in [3.63, 3.8) is 0 Å². The van der Waals surface area contributed by atoms with Crippen LogP contribution in [0.5, 0.6) is 0 Å². The molecule has 1 aliphatic heterocycles. The fourth-order valence-corrected chi connectivity index (χ4v) is 1.18. The van der Waals surface area contributed by atoms with Gasteiger partial charge in [0.05, 0.1) is 12.3 Å². The lowest BCUT2D eigenvalue weighted by Gasteiger charge is -2.02. The van der Waals surface area contributed by atoms with Gasteiger partial charge in [0.15, 0.2) is 6.10 Å². The zero-order valence-electron chi connectivity index (χ0n) is 7.08. The number of nitrogens with zero attached hydrogens (tertiary/aromatic N) is 1. The van der Waals surface area contributed by atoms with Gasteiger partial charge in [-0.3, -0.25) is 0 Å². The van der Waals surface area contributed by atoms with Gasteiger partial charge in [0.25, 0.3) is 0 Å². The van der Waals surface area contributed by atoms with Crippen molar-refractivity contribution in [2.75, 3.05) is 6.61 Å². The van der Waals surface area contributed by atoms with Crippen molar-refractivity contribution >= 4 is 5.71 Å². The molecule has 0 unspecified atom stereocenters. The van der Waals surface area contributed by atoms with Gasteiger partial charge in [-0.1, -0.05) is 19.0 Å². The van der Waals surface area contributed by atoms with Gasteiger partial charge in [0, 0.05) is 6.42 Å². The molecule has 64 valence electrons. The van der Waals surface area contributed by atoms with E-state index >= 15 is 0 Å². The fraction of sp³-hybridized carbons (Fsp3) is 0.875. The van der Waals surface area contributed by atoms with Gasteiger partial charge in [-0.2, -0.15) is 0 Å². The Kier molecular flexibility index (Phi) is 2.88. The second-order valence-electron chi connectivity index (χ2n) is 3.37. The van der Waals surface area contributed by atoms with Gasteiger partial charge < -0.3 is 9.94 Å². The highest BCUT2D eigenvalue weighted by Gasteiger charge is 2.19. The maximum absolute atomic E-state index is 8.72. The van der Waals surface area contributed by atoms with Crippen LogP contribution in [0, 0.1) is 5.92 Å². The molecule has 0 aliphatic carbocycles. The Morgan fingerprint density at radius 1 is 1.73 bits per heavy atom. The molecule has 1 N–H and O–H groups in total. The lowest BCUT2D eigenvalue weighted by atomic mass is 10.0. The quantitative estimate of drug-likeness (QED) is 0.668. The summed E-state index contributed by atoms with van der Waals surface area (Å²) in [6.07, 6.45) is 1.70. The van der Waals surface area contributed by atoms with Crippen molar-refractivity contribution in [1.82, 2.24) is 0 Å². The molecule has 0 aromatic heterocycles. The minimum atomic E-state index is -0.0799. The molecular formula is C8H15NO2. The first-order valence-corrected chi connectivity index (χ1v) is 4.04. The van der Waals surface area contributed by atoms with Crippen LogP contribution in [0.15, 0.2) is 5.16 Å². The number of hydrogen-bond donors (Lipinski definition) is 1. The molecule has 0 radical (unpaired) electrons. The summed E-state index contributed by atoms with van der Waals surface area (Å²) >= 11 is 0. The van der Waals surface area contributed by atoms with Crippen LogP contribution in [0.2, 0.25) is 0 Å². The van der Waals surface area contributed by atoms with Gasteiger partial charge in [-0.15, -0.1) is 0 Å². The topological polar surface area (TPSA) is 41.8 Å². The summed E-state index contributed by atoms with van der Waals surface area (Å²) in [4.78, 5) is 4.95. The lowest BCUT2D eigenvalue weighted by Crippen LogP contribution is -2.13. The Labute approximate surface area is 67.0 Å². The smallest absolute Gasteiger partial charge is 0.155 e. The third-order valence-electron chi connectivity index (χ3n) is 1.64. The first kappa shape index (κ1) is 8.53. The molecule has 0 amide bonds. The van der Waals surface area contributed by atoms with Crippen molar-refractivity contribution in [3.8, 4) is 0 Å². The second-order valence-corrected chi connectivity index (χ2v) is 3.37. The Bertz CT molecular complexity index is 154. The van der Waals surface area contributed by atoms with Crippen LogP contribution < -0.4 is 0 Å². The van der Waals surface area contributed by atoms with E-state index in [1.165, 1.54) is 0 Å². The molecule has 0 aromatic rings. The average molecular weight is 157 g/mol. The van der Waals surface area contributed by atoms with Crippen LogP contribution in [0.25, 0.3) is 0 Å². The molecule has 3 nitrogen and oxygen atoms in total. The van der Waals surface area contributed by atoms with Gasteiger partial charge >= 0.3 is 0 Å². The Morgan fingerprint density at radius 2 is 2.45 bits per heavy atom. The van der Waals surface area contributed by atoms with E-state index in [1.807, 2.05) is 0 Å². The van der Waals surface area contributed by atoms with Crippen molar-refractivity contribution in [3.05, 3.63) is 0 Å². The monoisotopic (exact) mass is 157 g/mol. The summed E-state index contributed by atoms with van der Waals surface area (Å²) in [5.74, 6) is 0.620. The maximum Gasteiger partial charge on any atom is 0.155 e. The summed E-state index contributed by atoms with van der Waals surface area (Å²) in [6.45, 7) is 4.37. The molecule has 0 aromatic carbocycles. The Balaban J connectivity index is 2.28. The van der Waals surface area contributed by atoms with Gasteiger partial charge in [-0.05, 0) is 12.3 Å². The van der Waals surface area contributed by atoms with E-state index in [1.54, 1.807) is 0 Å². The highest BCUT2D eigenvalue weighted by atomic mass is 16.6. The molecule has 1 atom stereocenters. The number of oxime groups is 1. The molecule has 0 spiro atoms. The second kappa shape index (κ2) is 3.72. The van der Waals surface area contributed by atoms with Crippen LogP contribution in [-0.2, 0) is 4.84 Å². The van der Waals surface area contributed by atoms with E-state index in [9.17, 15) is 0 Å². The van der Waals surface area contributed by atoms with E-state index in [2.05, 4.69) is 19.0 Å². The summed E-state index contributed by atoms with van der Waals surface area (Å²) < 4.78 is 0. The average Bonchev–Trinajstić information content (AvgIpc) is 2.34. The summed E-state index contributed by atoms with van der Waals surface area (Å²) in [5.41, 5.74) is 1.08. The summed E-state index contributed by atoms with van der Waals surface area (Å²) in [6, 6.07) is 0. The normalized spacial score (nSPS) is 23.6. The van der Waals surface area contributed by atoms with Crippen molar-refractivity contribution in [1.29, 1.82) is 0 Å². The van der Waals surface area contributed by atoms with E-state index in [-0.39, 0.29) is 12.7 Å². The zero-order valence-corrected chi connectivity index (χ0v) is 7.08. The third-order valence-corrected chi connectivity index (χ3v) is 1.64. The molecule has 11 heavy (non-hydrogen) atoms. The van der Waals surface area contributed by atoms with Crippen LogP contribution in [-0.4, -0.2) is 23.5 Å². The van der Waals surface area contributed by atoms with E-state index < -0.39 is 0 Å². The van der Waals surface area contributed by atoms with Gasteiger partial charge in [0.1, 0.15) is 0 Å². The summed E-state index contributed by atoms with van der Waals surface area (Å²) in [7, 11) is 0. The molecule has 1 aliphatic rings. The van der Waals surface area contributed by atoms with Gasteiger partial charge in [-0.25, -0.2) is 0 Å². The first-order valence-electron chi connectivity index (χ1n) is 4.04. The third kappa shape index (κ3) is 2.50. The minimum absolute atomic E-state index is 0.0745. The molecule has 0 saturated carbocycles. The molecular weight excluding hydrogens is 142 g/mol. The molecule has 0 bridgehead atoms. The van der Waals surface area contributed by atoms with Crippen LogP contribution in [0.1, 0.15) is 26.7 Å². The predicted octanol–water partition coefficient (Wildman–Crippen LogP) is 1.17. The largest absolute Gasteiger partial charge is 0.392 e. The standard InChI is InChI=1S/C8H15NO2/c1-6(2)3-7-4-8(5-10)11-9-7/h6,8,10H,3-5H2,1-2H3/t8-/m0/s1. The zero-order chi connectivity index (χ0) is 8.27. The molecule has 3 heteroatoms. The number of aliphatic hydroxyl groups excluding tert-OH is 1. The maximum atomic E-state index is 8.72. The van der Waals surface area contributed by atoms with Crippen molar-refractivity contribution in [2.45, 2.75) is 32.8 Å². The van der Waals surface area contributed by atoms with Crippen LogP contribution >= 0.6 is 0 Å². The predicted molar refractivity (Wildman–Crippen MR) is 43.5 cm³/mol. The van der Waals surface area contributed by atoms with E-state index in [0.717, 1.165) is 18.6 Å². The SMILES string of the molecule is CC(C)CC1=NO[C@H](CO)C1. The highest BCUT2D eigenvalue weighted by Crippen LogP contribution is 2.15. The summed E-state index contributed by atoms with van der Waals surface area (Å²) in [5, 5.41) is 12.6. The number of aliphatic hydroxyl groups is 1. The molecule has 0 saturated heterocycles. The molecule has 1 heterocycles. The highest BCUT2D eigenvalue weighted by molar-refractivity contribution is 5.85. The first-order chi connectivity index (χ1) is 5.22. The number of hydrogen-bond acceptors (Lipinski definition) is 3. The van der Waals surface area contributed by atoms with E-state index in [0.29, 0.717) is 5.92 Å². The van der Waals surface area contributed by atoms with Gasteiger partial charge in [0.2, 0.25) is 0 Å². The lowest BCUT2D eigenvalue weighted by molar-refractivity contribution is 0.0390. The van der Waals surface area contributed by atoms with E-state index in [4.69, 9.17) is 9.94 Å². The number of rotatable bonds is 3. The molecule has 1 rings (SSSR count).